The van der Waals surface area contributed by atoms with Gasteiger partial charge in [-0.1, -0.05) is 30.7 Å². The molecule has 0 aliphatic rings. The van der Waals surface area contributed by atoms with Crippen molar-refractivity contribution in [3.05, 3.63) is 29.6 Å². The number of pyridine rings is 1. The van der Waals surface area contributed by atoms with Gasteiger partial charge in [0.2, 0.25) is 0 Å². The molecule has 1 heterocycles. The van der Waals surface area contributed by atoms with Crippen LogP contribution < -0.4 is 0 Å². The van der Waals surface area contributed by atoms with Crippen LogP contribution in [0.1, 0.15) is 11.1 Å². The molecule has 0 bridgehead atoms. The molecule has 0 amide bonds. The van der Waals surface area contributed by atoms with E-state index in [9.17, 15) is 0 Å². The van der Waals surface area contributed by atoms with Gasteiger partial charge in [0, 0.05) is 18.0 Å². The van der Waals surface area contributed by atoms with Gasteiger partial charge in [-0.25, -0.2) is 0 Å². The first-order chi connectivity index (χ1) is 7.03. The quantitative estimate of drug-likeness (QED) is 0.258. The molecule has 1 rings (SSSR count). The van der Waals surface area contributed by atoms with Gasteiger partial charge in [-0.3, -0.25) is 4.98 Å². The van der Waals surface area contributed by atoms with Crippen LogP contribution in [-0.4, -0.2) is 24.5 Å². The molecular formula is C11H14N2OSi. The third-order valence-electron chi connectivity index (χ3n) is 1.62. The van der Waals surface area contributed by atoms with Gasteiger partial charge in [-0.15, -0.1) is 5.54 Å². The van der Waals surface area contributed by atoms with E-state index in [1.165, 1.54) is 6.21 Å². The summed E-state index contributed by atoms with van der Waals surface area (Å²) >= 11 is 0. The zero-order chi connectivity index (χ0) is 11.3. The van der Waals surface area contributed by atoms with Crippen molar-refractivity contribution in [3.8, 4) is 11.5 Å². The van der Waals surface area contributed by atoms with Gasteiger partial charge in [0.1, 0.15) is 8.07 Å². The number of aromatic nitrogens is 1. The van der Waals surface area contributed by atoms with E-state index in [4.69, 9.17) is 5.21 Å². The molecule has 0 aromatic carbocycles. The normalized spacial score (nSPS) is 11.1. The van der Waals surface area contributed by atoms with Gasteiger partial charge in [0.25, 0.3) is 0 Å². The lowest BCUT2D eigenvalue weighted by Crippen LogP contribution is -2.16. The predicted molar refractivity (Wildman–Crippen MR) is 63.8 cm³/mol. The van der Waals surface area contributed by atoms with Crippen LogP contribution in [0, 0.1) is 11.5 Å². The van der Waals surface area contributed by atoms with Gasteiger partial charge < -0.3 is 5.21 Å². The summed E-state index contributed by atoms with van der Waals surface area (Å²) in [5.41, 5.74) is 4.84. The van der Waals surface area contributed by atoms with E-state index in [2.05, 4.69) is 41.2 Å². The summed E-state index contributed by atoms with van der Waals surface area (Å²) < 4.78 is 0. The second-order valence-corrected chi connectivity index (χ2v) is 8.96. The zero-order valence-electron chi connectivity index (χ0n) is 9.15. The molecule has 0 radical (unpaired) electrons. The van der Waals surface area contributed by atoms with Crippen LogP contribution in [-0.2, 0) is 0 Å². The average molecular weight is 218 g/mol. The van der Waals surface area contributed by atoms with E-state index in [-0.39, 0.29) is 0 Å². The van der Waals surface area contributed by atoms with Crippen molar-refractivity contribution < 1.29 is 5.21 Å². The van der Waals surface area contributed by atoms with Crippen LogP contribution in [0.25, 0.3) is 0 Å². The summed E-state index contributed by atoms with van der Waals surface area (Å²) in [5.74, 6) is 3.08. The molecule has 78 valence electrons. The predicted octanol–water partition coefficient (Wildman–Crippen LogP) is 2.12. The molecule has 0 unspecified atom stereocenters. The summed E-state index contributed by atoms with van der Waals surface area (Å²) in [7, 11) is -1.38. The zero-order valence-corrected chi connectivity index (χ0v) is 10.2. The SMILES string of the molecule is C[Si](C)(C)C#Cc1cnccc1/C=N/O. The van der Waals surface area contributed by atoms with E-state index >= 15 is 0 Å². The van der Waals surface area contributed by atoms with Crippen molar-refractivity contribution in [2.45, 2.75) is 19.6 Å². The number of oxime groups is 1. The summed E-state index contributed by atoms with van der Waals surface area (Å²) in [4.78, 5) is 4.00. The van der Waals surface area contributed by atoms with E-state index < -0.39 is 8.07 Å². The van der Waals surface area contributed by atoms with E-state index in [1.54, 1.807) is 18.5 Å². The fraction of sp³-hybridized carbons (Fsp3) is 0.273. The van der Waals surface area contributed by atoms with E-state index in [1.807, 2.05) is 0 Å². The largest absolute Gasteiger partial charge is 0.411 e. The number of rotatable bonds is 1. The van der Waals surface area contributed by atoms with Gasteiger partial charge in [-0.05, 0) is 6.07 Å². The fourth-order valence-corrected chi connectivity index (χ4v) is 1.45. The Morgan fingerprint density at radius 3 is 2.80 bits per heavy atom. The minimum absolute atomic E-state index is 0.790. The second kappa shape index (κ2) is 4.76. The molecule has 0 aliphatic heterocycles. The highest BCUT2D eigenvalue weighted by Gasteiger charge is 2.07. The van der Waals surface area contributed by atoms with E-state index in [0.29, 0.717) is 0 Å². The Balaban J connectivity index is 3.08. The maximum absolute atomic E-state index is 8.48. The molecule has 1 aromatic rings. The highest BCUT2D eigenvalue weighted by Crippen LogP contribution is 2.04. The smallest absolute Gasteiger partial charge is 0.129 e. The highest BCUT2D eigenvalue weighted by molar-refractivity contribution is 6.83. The van der Waals surface area contributed by atoms with Crippen molar-refractivity contribution in [1.82, 2.24) is 4.98 Å². The standard InChI is InChI=1S/C11H14N2OSi/c1-15(2,3)7-5-11-8-12-6-4-10(11)9-13-14/h4,6,8-9,14H,1-3H3/b13-9+. The van der Waals surface area contributed by atoms with Gasteiger partial charge >= 0.3 is 0 Å². The fourth-order valence-electron chi connectivity index (χ4n) is 0.939. The van der Waals surface area contributed by atoms with Crippen LogP contribution in [0.4, 0.5) is 0 Å². The first-order valence-electron chi connectivity index (χ1n) is 4.67. The van der Waals surface area contributed by atoms with Gasteiger partial charge in [0.15, 0.2) is 0 Å². The Morgan fingerprint density at radius 1 is 1.47 bits per heavy atom. The molecule has 1 aromatic heterocycles. The summed E-state index contributed by atoms with van der Waals surface area (Å²) in [6.07, 6.45) is 4.71. The van der Waals surface area contributed by atoms with Crippen molar-refractivity contribution in [3.63, 3.8) is 0 Å². The Labute approximate surface area is 90.9 Å². The number of hydrogen-bond acceptors (Lipinski definition) is 3. The van der Waals surface area contributed by atoms with Crippen molar-refractivity contribution in [1.29, 1.82) is 0 Å². The molecule has 0 saturated carbocycles. The lowest BCUT2D eigenvalue weighted by molar-refractivity contribution is 0.322. The summed E-state index contributed by atoms with van der Waals surface area (Å²) in [5, 5.41) is 11.5. The first kappa shape index (κ1) is 11.5. The van der Waals surface area contributed by atoms with Gasteiger partial charge in [0.05, 0.1) is 11.8 Å². The maximum atomic E-state index is 8.48. The Bertz CT molecular complexity index is 424. The molecule has 15 heavy (non-hydrogen) atoms. The maximum Gasteiger partial charge on any atom is 0.129 e. The third kappa shape index (κ3) is 3.96. The lowest BCUT2D eigenvalue weighted by Gasteiger charge is -2.03. The Morgan fingerprint density at radius 2 is 2.20 bits per heavy atom. The topological polar surface area (TPSA) is 45.5 Å². The molecule has 0 aliphatic carbocycles. The first-order valence-corrected chi connectivity index (χ1v) is 8.17. The summed E-state index contributed by atoms with van der Waals surface area (Å²) in [6.45, 7) is 6.53. The number of nitrogens with zero attached hydrogens (tertiary/aromatic N) is 2. The van der Waals surface area contributed by atoms with Crippen molar-refractivity contribution >= 4 is 14.3 Å². The lowest BCUT2D eigenvalue weighted by atomic mass is 10.2. The molecule has 0 atom stereocenters. The minimum Gasteiger partial charge on any atom is -0.411 e. The summed E-state index contributed by atoms with van der Waals surface area (Å²) in [6, 6.07) is 1.77. The van der Waals surface area contributed by atoms with E-state index in [0.717, 1.165) is 11.1 Å². The third-order valence-corrected chi connectivity index (χ3v) is 2.50. The van der Waals surface area contributed by atoms with Crippen molar-refractivity contribution in [2.24, 2.45) is 5.16 Å². The van der Waals surface area contributed by atoms with Crippen molar-refractivity contribution in [2.75, 3.05) is 0 Å². The Kier molecular flexibility index (Phi) is 3.64. The Hall–Kier alpha value is -1.60. The molecule has 3 nitrogen and oxygen atoms in total. The molecule has 0 saturated heterocycles. The van der Waals surface area contributed by atoms with Crippen LogP contribution in [0.2, 0.25) is 19.6 Å². The number of hydrogen-bond donors (Lipinski definition) is 1. The monoisotopic (exact) mass is 218 g/mol. The molecule has 1 N–H and O–H groups in total. The minimum atomic E-state index is -1.38. The average Bonchev–Trinajstić information content (AvgIpc) is 2.16. The van der Waals surface area contributed by atoms with Gasteiger partial charge in [-0.2, -0.15) is 0 Å². The van der Waals surface area contributed by atoms with Crippen LogP contribution >= 0.6 is 0 Å². The molecule has 0 fully saturated rings. The van der Waals surface area contributed by atoms with Crippen LogP contribution in [0.3, 0.4) is 0 Å². The molecular weight excluding hydrogens is 204 g/mol. The van der Waals surface area contributed by atoms with Crippen LogP contribution in [0.5, 0.6) is 0 Å². The molecule has 0 spiro atoms. The molecule has 4 heteroatoms. The highest BCUT2D eigenvalue weighted by atomic mass is 28.3. The van der Waals surface area contributed by atoms with Crippen LogP contribution in [0.15, 0.2) is 23.6 Å². The second-order valence-electron chi connectivity index (χ2n) is 4.21.